The second-order valence-electron chi connectivity index (χ2n) is 8.97. The van der Waals surface area contributed by atoms with Crippen LogP contribution in [0.1, 0.15) is 38.5 Å². The number of fused-ring (bicyclic) bond motifs is 1. The van der Waals surface area contributed by atoms with E-state index in [4.69, 9.17) is 34.0 Å². The van der Waals surface area contributed by atoms with Crippen molar-refractivity contribution in [1.82, 2.24) is 20.3 Å². The fourth-order valence-electron chi connectivity index (χ4n) is 4.55. The molecule has 39 heavy (non-hydrogen) atoms. The molecule has 0 spiro atoms. The molecule has 204 valence electrons. The zero-order valence-corrected chi connectivity index (χ0v) is 21.7. The monoisotopic (exact) mass is 536 g/mol. The molecule has 3 aromatic rings. The molecular formula is C26H28N6O7. The van der Waals surface area contributed by atoms with Gasteiger partial charge in [-0.25, -0.2) is 9.78 Å². The summed E-state index contributed by atoms with van der Waals surface area (Å²) in [6.07, 6.45) is 1.85. The lowest BCUT2D eigenvalue weighted by Gasteiger charge is -2.20. The molecule has 2 aliphatic heterocycles. The molecule has 1 saturated heterocycles. The number of aromatic nitrogens is 3. The van der Waals surface area contributed by atoms with Crippen LogP contribution in [-0.2, 0) is 18.0 Å². The van der Waals surface area contributed by atoms with Crippen molar-refractivity contribution in [3.8, 4) is 17.2 Å². The van der Waals surface area contributed by atoms with Crippen molar-refractivity contribution < 1.29 is 33.6 Å². The summed E-state index contributed by atoms with van der Waals surface area (Å²) in [6.45, 7) is 1.90. The van der Waals surface area contributed by atoms with Gasteiger partial charge in [0.15, 0.2) is 11.5 Å². The van der Waals surface area contributed by atoms with Crippen LogP contribution in [0.5, 0.6) is 17.2 Å². The highest BCUT2D eigenvalue weighted by molar-refractivity contribution is 5.94. The predicted octanol–water partition coefficient (Wildman–Crippen LogP) is 2.38. The summed E-state index contributed by atoms with van der Waals surface area (Å²) in [7, 11) is 4.66. The van der Waals surface area contributed by atoms with Crippen LogP contribution < -0.4 is 29.7 Å². The van der Waals surface area contributed by atoms with Gasteiger partial charge in [-0.1, -0.05) is 0 Å². The Morgan fingerprint density at radius 1 is 1.08 bits per heavy atom. The van der Waals surface area contributed by atoms with E-state index in [-0.39, 0.29) is 23.2 Å². The van der Waals surface area contributed by atoms with Gasteiger partial charge >= 0.3 is 5.97 Å². The van der Waals surface area contributed by atoms with Gasteiger partial charge in [-0.15, -0.1) is 0 Å². The quantitative estimate of drug-likeness (QED) is 0.367. The molecule has 0 bridgehead atoms. The Bertz CT molecular complexity index is 1370. The topological polar surface area (TPSA) is 157 Å². The average Bonchev–Trinajstić information content (AvgIpc) is 3.62. The van der Waals surface area contributed by atoms with Gasteiger partial charge < -0.3 is 39.6 Å². The number of pyridine rings is 1. The van der Waals surface area contributed by atoms with Crippen LogP contribution in [-0.4, -0.2) is 72.4 Å². The minimum atomic E-state index is -1.10. The maximum absolute atomic E-state index is 12.7. The molecule has 2 aliphatic rings. The zero-order chi connectivity index (χ0) is 27.5. The lowest BCUT2D eigenvalue weighted by atomic mass is 10.2. The SMILES string of the molecule is COc1cc(Nc2nc(N3CCC(NC(=O)c4ccc(C(=O)O)cn4)C3)nc3c2COC3)cc(OC)c1OC. The molecule has 0 saturated carbocycles. The van der Waals surface area contributed by atoms with Gasteiger partial charge in [0.05, 0.1) is 45.8 Å². The number of benzene rings is 1. The molecule has 1 aromatic carbocycles. The molecule has 3 N–H and O–H groups in total. The highest BCUT2D eigenvalue weighted by atomic mass is 16.5. The first-order valence-electron chi connectivity index (χ1n) is 12.2. The number of ether oxygens (including phenoxy) is 4. The molecule has 13 nitrogen and oxygen atoms in total. The summed E-state index contributed by atoms with van der Waals surface area (Å²) in [6, 6.07) is 6.19. The maximum atomic E-state index is 12.7. The number of nitrogens with one attached hydrogen (secondary N) is 2. The van der Waals surface area contributed by atoms with E-state index in [1.807, 2.05) is 4.90 Å². The Kier molecular flexibility index (Phi) is 7.32. The molecular weight excluding hydrogens is 508 g/mol. The normalized spacial score (nSPS) is 16.0. The summed E-state index contributed by atoms with van der Waals surface area (Å²) >= 11 is 0. The molecule has 13 heteroatoms. The summed E-state index contributed by atoms with van der Waals surface area (Å²) in [4.78, 5) is 39.2. The number of carbonyl (C=O) groups excluding carboxylic acids is 1. The third-order valence-electron chi connectivity index (χ3n) is 6.54. The Hall–Kier alpha value is -4.65. The van der Waals surface area contributed by atoms with E-state index in [1.165, 1.54) is 18.3 Å². The number of aromatic carboxylic acids is 1. The fourth-order valence-corrected chi connectivity index (χ4v) is 4.55. The minimum Gasteiger partial charge on any atom is -0.493 e. The lowest BCUT2D eigenvalue weighted by molar-refractivity contribution is 0.0695. The van der Waals surface area contributed by atoms with Crippen molar-refractivity contribution in [2.24, 2.45) is 0 Å². The molecule has 1 unspecified atom stereocenters. The molecule has 1 fully saturated rings. The van der Waals surface area contributed by atoms with Gasteiger partial charge in [0.2, 0.25) is 11.7 Å². The van der Waals surface area contributed by atoms with Crippen LogP contribution in [0.3, 0.4) is 0 Å². The molecule has 1 amide bonds. The number of carboxylic acid groups (broad SMARTS) is 1. The highest BCUT2D eigenvalue weighted by Gasteiger charge is 2.29. The number of methoxy groups -OCH3 is 3. The van der Waals surface area contributed by atoms with Crippen LogP contribution in [0.15, 0.2) is 30.5 Å². The molecule has 2 aromatic heterocycles. The molecule has 0 aliphatic carbocycles. The first-order chi connectivity index (χ1) is 18.9. The number of hydrogen-bond donors (Lipinski definition) is 3. The van der Waals surface area contributed by atoms with Gasteiger partial charge in [-0.05, 0) is 18.6 Å². The third kappa shape index (κ3) is 5.34. The average molecular weight is 537 g/mol. The second kappa shape index (κ2) is 11.0. The molecule has 0 radical (unpaired) electrons. The highest BCUT2D eigenvalue weighted by Crippen LogP contribution is 2.41. The van der Waals surface area contributed by atoms with E-state index in [2.05, 4.69) is 15.6 Å². The van der Waals surface area contributed by atoms with Crippen LogP contribution >= 0.6 is 0 Å². The Balaban J connectivity index is 1.33. The van der Waals surface area contributed by atoms with Crippen molar-refractivity contribution in [2.75, 3.05) is 44.6 Å². The largest absolute Gasteiger partial charge is 0.493 e. The number of anilines is 3. The van der Waals surface area contributed by atoms with Crippen LogP contribution in [0.25, 0.3) is 0 Å². The van der Waals surface area contributed by atoms with Gasteiger partial charge in [0.1, 0.15) is 11.5 Å². The summed E-state index contributed by atoms with van der Waals surface area (Å²) < 4.78 is 22.0. The van der Waals surface area contributed by atoms with Crippen LogP contribution in [0, 0.1) is 0 Å². The van der Waals surface area contributed by atoms with E-state index < -0.39 is 5.97 Å². The van der Waals surface area contributed by atoms with E-state index in [0.717, 1.165) is 11.3 Å². The lowest BCUT2D eigenvalue weighted by Crippen LogP contribution is -2.37. The summed E-state index contributed by atoms with van der Waals surface area (Å²) in [5, 5.41) is 15.3. The standard InChI is InChI=1S/C26H28N6O7/c1-36-20-8-16(9-21(37-2)22(20)38-3)28-23-17-12-39-13-19(17)30-26(31-23)32-7-6-15(11-32)29-24(33)18-5-4-14(10-27-18)25(34)35/h4-5,8-10,15H,6-7,11-13H2,1-3H3,(H,29,33)(H,34,35)(H,28,30,31). The van der Waals surface area contributed by atoms with Crippen molar-refractivity contribution in [3.63, 3.8) is 0 Å². The number of carboxylic acids is 1. The van der Waals surface area contributed by atoms with Crippen molar-refractivity contribution in [2.45, 2.75) is 25.7 Å². The third-order valence-corrected chi connectivity index (χ3v) is 6.54. The first kappa shape index (κ1) is 26.0. The van der Waals surface area contributed by atoms with Crippen LogP contribution in [0.4, 0.5) is 17.5 Å². The Morgan fingerprint density at radius 3 is 2.49 bits per heavy atom. The number of amides is 1. The smallest absolute Gasteiger partial charge is 0.337 e. The Labute approximate surface area is 224 Å². The zero-order valence-electron chi connectivity index (χ0n) is 21.7. The number of nitrogens with zero attached hydrogens (tertiary/aromatic N) is 4. The Morgan fingerprint density at radius 2 is 1.85 bits per heavy atom. The van der Waals surface area contributed by atoms with Gasteiger partial charge in [-0.2, -0.15) is 4.98 Å². The van der Waals surface area contributed by atoms with Gasteiger partial charge in [0, 0.05) is 48.7 Å². The minimum absolute atomic E-state index is 0.0206. The van der Waals surface area contributed by atoms with Gasteiger partial charge in [0.25, 0.3) is 5.91 Å². The van der Waals surface area contributed by atoms with Crippen LogP contribution in [0.2, 0.25) is 0 Å². The van der Waals surface area contributed by atoms with Gasteiger partial charge in [-0.3, -0.25) is 9.78 Å². The summed E-state index contributed by atoms with van der Waals surface area (Å²) in [5.74, 6) is 1.16. The molecule has 5 rings (SSSR count). The fraction of sp³-hybridized carbons (Fsp3) is 0.346. The van der Waals surface area contributed by atoms with E-state index >= 15 is 0 Å². The predicted molar refractivity (Wildman–Crippen MR) is 139 cm³/mol. The van der Waals surface area contributed by atoms with E-state index in [0.29, 0.717) is 67.4 Å². The van der Waals surface area contributed by atoms with Crippen molar-refractivity contribution in [3.05, 3.63) is 53.0 Å². The molecule has 4 heterocycles. The number of rotatable bonds is 9. The maximum Gasteiger partial charge on any atom is 0.337 e. The number of carbonyl (C=O) groups is 2. The van der Waals surface area contributed by atoms with E-state index in [1.54, 1.807) is 33.5 Å². The second-order valence-corrected chi connectivity index (χ2v) is 8.97. The summed E-state index contributed by atoms with van der Waals surface area (Å²) in [5.41, 5.74) is 2.53. The van der Waals surface area contributed by atoms with Crippen molar-refractivity contribution in [1.29, 1.82) is 0 Å². The first-order valence-corrected chi connectivity index (χ1v) is 12.2. The van der Waals surface area contributed by atoms with E-state index in [9.17, 15) is 9.59 Å². The molecule has 1 atom stereocenters. The number of hydrogen-bond acceptors (Lipinski definition) is 11. The van der Waals surface area contributed by atoms with Crippen molar-refractivity contribution >= 4 is 29.3 Å².